The van der Waals surface area contributed by atoms with Crippen LogP contribution >= 0.6 is 0 Å². The van der Waals surface area contributed by atoms with E-state index in [2.05, 4.69) is 13.1 Å². The van der Waals surface area contributed by atoms with E-state index in [-0.39, 0.29) is 0 Å². The molecule has 0 N–H and O–H groups in total. The van der Waals surface area contributed by atoms with Crippen LogP contribution < -0.4 is 0 Å². The van der Waals surface area contributed by atoms with Crippen molar-refractivity contribution in [3.63, 3.8) is 0 Å². The lowest BCUT2D eigenvalue weighted by molar-refractivity contribution is 0.116. The molecule has 1 rings (SSSR count). The van der Waals surface area contributed by atoms with Gasteiger partial charge in [-0.15, -0.1) is 0 Å². The summed E-state index contributed by atoms with van der Waals surface area (Å²) >= 11 is 0. The van der Waals surface area contributed by atoms with Crippen molar-refractivity contribution in [2.24, 2.45) is 0 Å². The van der Waals surface area contributed by atoms with E-state index in [1.165, 1.54) is 6.04 Å². The maximum absolute atomic E-state index is 5.58. The van der Waals surface area contributed by atoms with Crippen LogP contribution in [0.5, 0.6) is 0 Å². The van der Waals surface area contributed by atoms with Crippen LogP contribution in [0.2, 0.25) is 19.1 Å². The van der Waals surface area contributed by atoms with Crippen molar-refractivity contribution < 1.29 is 13.6 Å². The van der Waals surface area contributed by atoms with Crippen LogP contribution in [-0.4, -0.2) is 44.7 Å². The fourth-order valence-corrected chi connectivity index (χ4v) is 2.89. The first-order valence-corrected chi connectivity index (χ1v) is 8.82. The van der Waals surface area contributed by atoms with Gasteiger partial charge < -0.3 is 13.6 Å². The van der Waals surface area contributed by atoms with Gasteiger partial charge in [0.1, 0.15) is 16.6 Å². The predicted molar refractivity (Wildman–Crippen MR) is 58.5 cm³/mol. The summed E-state index contributed by atoms with van der Waals surface area (Å²) in [7, 11) is -0.414. The highest BCUT2D eigenvalue weighted by atomic mass is 28.4. The molecule has 0 amide bonds. The Morgan fingerprint density at radius 1 is 1.54 bits per heavy atom. The molecule has 0 radical (unpaired) electrons. The van der Waals surface area contributed by atoms with E-state index in [0.717, 1.165) is 36.7 Å². The number of ether oxygens (including phenoxy) is 2. The van der Waals surface area contributed by atoms with Crippen LogP contribution in [0, 0.1) is 0 Å². The standard InChI is InChI=1S/C8H20O3Si2/c1-13(2,11-12)5-3-4-9-6-8-7-10-8/h8H,3-7H2,1-2,12H3. The molecule has 3 nitrogen and oxygen atoms in total. The molecule has 1 saturated heterocycles. The molecule has 13 heavy (non-hydrogen) atoms. The Bertz CT molecular complexity index is 148. The topological polar surface area (TPSA) is 31.0 Å². The highest BCUT2D eigenvalue weighted by Gasteiger charge is 2.22. The summed E-state index contributed by atoms with van der Waals surface area (Å²) in [5, 5.41) is 0. The molecular formula is C8H20O3Si2. The average Bonchev–Trinajstić information content (AvgIpc) is 2.87. The molecule has 1 unspecified atom stereocenters. The van der Waals surface area contributed by atoms with E-state index in [1.54, 1.807) is 0 Å². The largest absolute Gasteiger partial charge is 0.463 e. The summed E-state index contributed by atoms with van der Waals surface area (Å²) in [5.74, 6) is 0. The van der Waals surface area contributed by atoms with Crippen molar-refractivity contribution in [1.29, 1.82) is 0 Å². The highest BCUT2D eigenvalue weighted by Crippen LogP contribution is 2.13. The Kier molecular flexibility index (Phi) is 4.61. The lowest BCUT2D eigenvalue weighted by Gasteiger charge is -2.20. The molecule has 0 aromatic carbocycles. The maximum Gasteiger partial charge on any atom is 0.172 e. The zero-order valence-electron chi connectivity index (χ0n) is 8.84. The van der Waals surface area contributed by atoms with Gasteiger partial charge in [-0.2, -0.15) is 0 Å². The molecule has 0 aromatic rings. The van der Waals surface area contributed by atoms with Gasteiger partial charge in [0.05, 0.1) is 13.2 Å². The van der Waals surface area contributed by atoms with Gasteiger partial charge in [-0.05, 0) is 25.6 Å². The SMILES string of the molecule is C[Si](C)(CCCOCC1CO1)O[SiH3]. The molecule has 1 fully saturated rings. The van der Waals surface area contributed by atoms with Crippen molar-refractivity contribution in [1.82, 2.24) is 0 Å². The number of hydrogen-bond donors (Lipinski definition) is 0. The third-order valence-corrected chi connectivity index (χ3v) is 8.30. The van der Waals surface area contributed by atoms with Gasteiger partial charge in [-0.1, -0.05) is 0 Å². The Morgan fingerprint density at radius 2 is 2.23 bits per heavy atom. The molecule has 0 aromatic heterocycles. The summed E-state index contributed by atoms with van der Waals surface area (Å²) < 4.78 is 16.1. The van der Waals surface area contributed by atoms with E-state index >= 15 is 0 Å². The normalized spacial score (nSPS) is 22.2. The van der Waals surface area contributed by atoms with Gasteiger partial charge in [-0.3, -0.25) is 0 Å². The number of rotatable bonds is 7. The van der Waals surface area contributed by atoms with Crippen molar-refractivity contribution in [2.75, 3.05) is 19.8 Å². The van der Waals surface area contributed by atoms with E-state index in [0.29, 0.717) is 6.10 Å². The van der Waals surface area contributed by atoms with E-state index in [9.17, 15) is 0 Å². The van der Waals surface area contributed by atoms with Crippen LogP contribution in [-0.2, 0) is 13.6 Å². The average molecular weight is 220 g/mol. The van der Waals surface area contributed by atoms with Crippen molar-refractivity contribution in [3.05, 3.63) is 0 Å². The smallest absolute Gasteiger partial charge is 0.172 e. The molecule has 0 bridgehead atoms. The van der Waals surface area contributed by atoms with Crippen molar-refractivity contribution >= 4 is 18.8 Å². The molecule has 1 aliphatic heterocycles. The third-order valence-electron chi connectivity index (χ3n) is 2.33. The van der Waals surface area contributed by atoms with Gasteiger partial charge in [-0.25, -0.2) is 0 Å². The number of hydrogen-bond acceptors (Lipinski definition) is 3. The second kappa shape index (κ2) is 5.26. The summed E-state index contributed by atoms with van der Waals surface area (Å²) in [6.07, 6.45) is 1.54. The first-order valence-electron chi connectivity index (χ1n) is 4.88. The fourth-order valence-electron chi connectivity index (χ4n) is 1.08. The van der Waals surface area contributed by atoms with Crippen molar-refractivity contribution in [3.8, 4) is 0 Å². The van der Waals surface area contributed by atoms with Crippen molar-refractivity contribution in [2.45, 2.75) is 31.7 Å². The maximum atomic E-state index is 5.58. The van der Waals surface area contributed by atoms with Crippen LogP contribution in [0.4, 0.5) is 0 Å². The molecule has 0 spiro atoms. The van der Waals surface area contributed by atoms with Crippen LogP contribution in [0.25, 0.3) is 0 Å². The summed E-state index contributed by atoms with van der Waals surface area (Å²) in [6, 6.07) is 1.21. The molecule has 5 heteroatoms. The number of epoxide rings is 1. The Labute approximate surface area is 84.4 Å². The quantitative estimate of drug-likeness (QED) is 0.351. The van der Waals surface area contributed by atoms with Crippen LogP contribution in [0.15, 0.2) is 0 Å². The van der Waals surface area contributed by atoms with Crippen LogP contribution in [0.3, 0.4) is 0 Å². The monoisotopic (exact) mass is 220 g/mol. The van der Waals surface area contributed by atoms with Gasteiger partial charge in [0, 0.05) is 6.61 Å². The molecule has 78 valence electrons. The Morgan fingerprint density at radius 3 is 2.77 bits per heavy atom. The van der Waals surface area contributed by atoms with Crippen LogP contribution in [0.1, 0.15) is 6.42 Å². The van der Waals surface area contributed by atoms with Gasteiger partial charge in [0.15, 0.2) is 8.32 Å². The minimum absolute atomic E-state index is 0.403. The van der Waals surface area contributed by atoms with E-state index < -0.39 is 8.32 Å². The lowest BCUT2D eigenvalue weighted by atomic mass is 10.5. The lowest BCUT2D eigenvalue weighted by Crippen LogP contribution is -2.29. The van der Waals surface area contributed by atoms with E-state index in [1.807, 2.05) is 0 Å². The summed E-state index contributed by atoms with van der Waals surface area (Å²) in [5.41, 5.74) is 0. The third kappa shape index (κ3) is 5.59. The molecule has 1 atom stereocenters. The first-order chi connectivity index (χ1) is 6.14. The molecule has 0 saturated carbocycles. The summed E-state index contributed by atoms with van der Waals surface area (Å²) in [6.45, 7) is 7.07. The fraction of sp³-hybridized carbons (Fsp3) is 1.00. The molecule has 0 aliphatic carbocycles. The molecule has 1 aliphatic rings. The minimum Gasteiger partial charge on any atom is -0.463 e. The summed E-state index contributed by atoms with van der Waals surface area (Å²) in [4.78, 5) is 0. The highest BCUT2D eigenvalue weighted by molar-refractivity contribution is 6.73. The Balaban J connectivity index is 1.87. The van der Waals surface area contributed by atoms with E-state index in [4.69, 9.17) is 13.6 Å². The second-order valence-electron chi connectivity index (χ2n) is 4.10. The van der Waals surface area contributed by atoms with Gasteiger partial charge in [0.2, 0.25) is 0 Å². The zero-order valence-corrected chi connectivity index (χ0v) is 11.8. The molecule has 1 heterocycles. The minimum atomic E-state index is -1.29. The molecular weight excluding hydrogens is 200 g/mol. The predicted octanol–water partition coefficient (Wildman–Crippen LogP) is 0.294. The second-order valence-corrected chi connectivity index (χ2v) is 9.75. The first kappa shape index (κ1) is 11.4. The van der Waals surface area contributed by atoms with Gasteiger partial charge >= 0.3 is 0 Å². The van der Waals surface area contributed by atoms with Gasteiger partial charge in [0.25, 0.3) is 0 Å². The zero-order chi connectivity index (χ0) is 9.73. The Hall–Kier alpha value is 0.314.